The van der Waals surface area contributed by atoms with Gasteiger partial charge in [-0.25, -0.2) is 0 Å². The summed E-state index contributed by atoms with van der Waals surface area (Å²) >= 11 is 3.52. The van der Waals surface area contributed by atoms with Crippen LogP contribution in [0.15, 0.2) is 27.8 Å². The Labute approximate surface area is 128 Å². The van der Waals surface area contributed by atoms with Gasteiger partial charge < -0.3 is 15.8 Å². The summed E-state index contributed by atoms with van der Waals surface area (Å²) in [5.74, 6) is 0.174. The van der Waals surface area contributed by atoms with Gasteiger partial charge in [0.15, 0.2) is 5.84 Å². The second kappa shape index (κ2) is 6.97. The third kappa shape index (κ3) is 3.26. The van der Waals surface area contributed by atoms with E-state index in [-0.39, 0.29) is 5.84 Å². The summed E-state index contributed by atoms with van der Waals surface area (Å²) in [5, 5.41) is 12.1. The standard InChI is InChI=1S/C15H22BrN3O/c1-2-5-12-6-3-4-9-19(12)14-10-11(16)7-8-13(14)15(17)18-20/h7-8,10,12,20H,2-6,9H2,1H3,(H2,17,18). The lowest BCUT2D eigenvalue weighted by Gasteiger charge is -2.38. The third-order valence-electron chi connectivity index (χ3n) is 3.90. The van der Waals surface area contributed by atoms with Gasteiger partial charge in [0, 0.05) is 28.3 Å². The normalized spacial score (nSPS) is 20.2. The van der Waals surface area contributed by atoms with Gasteiger partial charge in [0.25, 0.3) is 0 Å². The van der Waals surface area contributed by atoms with Gasteiger partial charge in [0.05, 0.1) is 0 Å². The molecule has 0 saturated carbocycles. The van der Waals surface area contributed by atoms with Crippen LogP contribution in [0, 0.1) is 0 Å². The van der Waals surface area contributed by atoms with Crippen LogP contribution in [-0.2, 0) is 0 Å². The molecule has 1 atom stereocenters. The minimum absolute atomic E-state index is 0.174. The largest absolute Gasteiger partial charge is 0.409 e. The molecule has 0 spiro atoms. The van der Waals surface area contributed by atoms with E-state index in [1.165, 1.54) is 32.1 Å². The van der Waals surface area contributed by atoms with Gasteiger partial charge >= 0.3 is 0 Å². The molecule has 0 bridgehead atoms. The number of nitrogens with zero attached hydrogens (tertiary/aromatic N) is 2. The topological polar surface area (TPSA) is 61.8 Å². The molecule has 1 aliphatic rings. The molecule has 5 heteroatoms. The first-order valence-corrected chi connectivity index (χ1v) is 8.00. The Balaban J connectivity index is 2.40. The van der Waals surface area contributed by atoms with E-state index < -0.39 is 0 Å². The number of halogens is 1. The van der Waals surface area contributed by atoms with Crippen molar-refractivity contribution in [1.29, 1.82) is 0 Å². The van der Waals surface area contributed by atoms with E-state index in [2.05, 4.69) is 39.0 Å². The molecule has 1 aromatic rings. The number of oxime groups is 1. The predicted octanol–water partition coefficient (Wildman–Crippen LogP) is 3.70. The van der Waals surface area contributed by atoms with Crippen LogP contribution in [-0.4, -0.2) is 23.6 Å². The van der Waals surface area contributed by atoms with Crippen LogP contribution >= 0.6 is 15.9 Å². The average molecular weight is 340 g/mol. The third-order valence-corrected chi connectivity index (χ3v) is 4.40. The summed E-state index contributed by atoms with van der Waals surface area (Å²) in [6, 6.07) is 6.46. The molecule has 0 aliphatic carbocycles. The number of hydrogen-bond donors (Lipinski definition) is 2. The fourth-order valence-electron chi connectivity index (χ4n) is 2.96. The minimum atomic E-state index is 0.174. The molecule has 1 fully saturated rings. The highest BCUT2D eigenvalue weighted by Crippen LogP contribution is 2.32. The van der Waals surface area contributed by atoms with Crippen molar-refractivity contribution >= 4 is 27.5 Å². The van der Waals surface area contributed by atoms with Gasteiger partial charge in [0.1, 0.15) is 0 Å². The maximum Gasteiger partial charge on any atom is 0.172 e. The summed E-state index contributed by atoms with van der Waals surface area (Å²) < 4.78 is 1.02. The van der Waals surface area contributed by atoms with Crippen molar-refractivity contribution in [2.75, 3.05) is 11.4 Å². The van der Waals surface area contributed by atoms with Gasteiger partial charge in [-0.05, 0) is 43.9 Å². The fraction of sp³-hybridized carbons (Fsp3) is 0.533. The summed E-state index contributed by atoms with van der Waals surface area (Å²) in [4.78, 5) is 2.42. The summed E-state index contributed by atoms with van der Waals surface area (Å²) in [5.41, 5.74) is 7.70. The zero-order valence-electron chi connectivity index (χ0n) is 11.8. The van der Waals surface area contributed by atoms with Crippen molar-refractivity contribution in [3.63, 3.8) is 0 Å². The number of anilines is 1. The van der Waals surface area contributed by atoms with Crippen molar-refractivity contribution in [3.05, 3.63) is 28.2 Å². The molecular formula is C15H22BrN3O. The summed E-state index contributed by atoms with van der Waals surface area (Å²) in [7, 11) is 0. The molecule has 1 saturated heterocycles. The van der Waals surface area contributed by atoms with E-state index in [0.29, 0.717) is 6.04 Å². The molecule has 1 heterocycles. The smallest absolute Gasteiger partial charge is 0.172 e. The van der Waals surface area contributed by atoms with Crippen molar-refractivity contribution in [2.45, 2.75) is 45.1 Å². The van der Waals surface area contributed by atoms with Gasteiger partial charge in [0.2, 0.25) is 0 Å². The molecule has 2 rings (SSSR count). The van der Waals surface area contributed by atoms with Gasteiger partial charge in [-0.1, -0.05) is 34.4 Å². The zero-order valence-corrected chi connectivity index (χ0v) is 13.4. The monoisotopic (exact) mass is 339 g/mol. The quantitative estimate of drug-likeness (QED) is 0.380. The van der Waals surface area contributed by atoms with Gasteiger partial charge in [-0.15, -0.1) is 0 Å². The number of nitrogens with two attached hydrogens (primary N) is 1. The first-order chi connectivity index (χ1) is 9.67. The first-order valence-electron chi connectivity index (χ1n) is 7.21. The van der Waals surface area contributed by atoms with Crippen molar-refractivity contribution < 1.29 is 5.21 Å². The van der Waals surface area contributed by atoms with E-state index in [1.807, 2.05) is 12.1 Å². The molecule has 1 aromatic carbocycles. The molecule has 4 nitrogen and oxygen atoms in total. The van der Waals surface area contributed by atoms with Crippen LogP contribution in [0.25, 0.3) is 0 Å². The number of piperidine rings is 1. The lowest BCUT2D eigenvalue weighted by Crippen LogP contribution is -2.40. The maximum absolute atomic E-state index is 8.98. The Bertz CT molecular complexity index is 488. The summed E-state index contributed by atoms with van der Waals surface area (Å²) in [6.45, 7) is 3.25. The van der Waals surface area contributed by atoms with E-state index in [0.717, 1.165) is 22.3 Å². The lowest BCUT2D eigenvalue weighted by atomic mass is 9.96. The number of benzene rings is 1. The highest BCUT2D eigenvalue weighted by Gasteiger charge is 2.24. The van der Waals surface area contributed by atoms with Crippen molar-refractivity contribution in [2.24, 2.45) is 10.9 Å². The van der Waals surface area contributed by atoms with Crippen LogP contribution in [0.3, 0.4) is 0 Å². The SMILES string of the molecule is CCCC1CCCCN1c1cc(Br)ccc1/C(N)=N/O. The lowest BCUT2D eigenvalue weighted by molar-refractivity contribution is 0.318. The van der Waals surface area contributed by atoms with Gasteiger partial charge in [-0.2, -0.15) is 0 Å². The Morgan fingerprint density at radius 2 is 2.30 bits per heavy atom. The summed E-state index contributed by atoms with van der Waals surface area (Å²) in [6.07, 6.45) is 6.06. The van der Waals surface area contributed by atoms with E-state index in [9.17, 15) is 0 Å². The van der Waals surface area contributed by atoms with E-state index in [4.69, 9.17) is 10.9 Å². The molecular weight excluding hydrogens is 318 g/mol. The molecule has 3 N–H and O–H groups in total. The Kier molecular flexibility index (Phi) is 5.29. The molecule has 0 aromatic heterocycles. The fourth-order valence-corrected chi connectivity index (χ4v) is 3.31. The Morgan fingerprint density at radius 1 is 1.50 bits per heavy atom. The molecule has 110 valence electrons. The second-order valence-corrected chi connectivity index (χ2v) is 6.19. The van der Waals surface area contributed by atoms with E-state index in [1.54, 1.807) is 0 Å². The molecule has 20 heavy (non-hydrogen) atoms. The predicted molar refractivity (Wildman–Crippen MR) is 86.5 cm³/mol. The molecule has 0 radical (unpaired) electrons. The van der Waals surface area contributed by atoms with Crippen LogP contribution in [0.5, 0.6) is 0 Å². The minimum Gasteiger partial charge on any atom is -0.409 e. The average Bonchev–Trinajstić information content (AvgIpc) is 2.47. The molecule has 0 amide bonds. The molecule has 1 unspecified atom stereocenters. The number of rotatable bonds is 4. The van der Waals surface area contributed by atoms with Crippen molar-refractivity contribution in [3.8, 4) is 0 Å². The highest BCUT2D eigenvalue weighted by molar-refractivity contribution is 9.10. The van der Waals surface area contributed by atoms with Crippen LogP contribution in [0.4, 0.5) is 5.69 Å². The van der Waals surface area contributed by atoms with Gasteiger partial charge in [-0.3, -0.25) is 0 Å². The maximum atomic E-state index is 8.98. The van der Waals surface area contributed by atoms with Crippen LogP contribution in [0.1, 0.15) is 44.6 Å². The first kappa shape index (κ1) is 15.2. The Morgan fingerprint density at radius 3 is 3.00 bits per heavy atom. The Hall–Kier alpha value is -1.23. The zero-order chi connectivity index (χ0) is 14.5. The number of hydrogen-bond acceptors (Lipinski definition) is 3. The second-order valence-electron chi connectivity index (χ2n) is 5.28. The molecule has 1 aliphatic heterocycles. The number of amidine groups is 1. The van der Waals surface area contributed by atoms with Crippen LogP contribution < -0.4 is 10.6 Å². The van der Waals surface area contributed by atoms with Crippen molar-refractivity contribution in [1.82, 2.24) is 0 Å². The van der Waals surface area contributed by atoms with Crippen LogP contribution in [0.2, 0.25) is 0 Å². The highest BCUT2D eigenvalue weighted by atomic mass is 79.9. The van der Waals surface area contributed by atoms with E-state index >= 15 is 0 Å².